The minimum Gasteiger partial charge on any atom is -0.464 e. The van der Waals surface area contributed by atoms with Crippen LogP contribution < -0.4 is 4.74 Å². The number of hydrogen-bond donors (Lipinski definition) is 0. The number of hydrogen-bond acceptors (Lipinski definition) is 1. The number of rotatable bonds is 2. The summed E-state index contributed by atoms with van der Waals surface area (Å²) in [4.78, 5) is 0. The van der Waals surface area contributed by atoms with Crippen LogP contribution in [0.15, 0.2) is 85.1 Å². The molecule has 0 heterocycles. The van der Waals surface area contributed by atoms with Gasteiger partial charge < -0.3 is 4.74 Å². The number of para-hydroxylation sites is 1. The van der Waals surface area contributed by atoms with E-state index in [4.69, 9.17) is 4.74 Å². The summed E-state index contributed by atoms with van der Waals surface area (Å²) in [6.45, 7) is 0. The first-order valence-electron chi connectivity index (χ1n) is 7.51. The maximum absolute atomic E-state index is 5.80. The van der Waals surface area contributed by atoms with Gasteiger partial charge >= 0.3 is 0 Å². The molecule has 0 amide bonds. The van der Waals surface area contributed by atoms with Gasteiger partial charge in [0.05, 0.1) is 6.26 Å². The van der Waals surface area contributed by atoms with Crippen LogP contribution >= 0.6 is 0 Å². The molecule has 1 heteroatoms. The van der Waals surface area contributed by atoms with Gasteiger partial charge in [-0.25, -0.2) is 0 Å². The van der Waals surface area contributed by atoms with Crippen molar-refractivity contribution in [1.29, 1.82) is 0 Å². The zero-order valence-corrected chi connectivity index (χ0v) is 12.2. The topological polar surface area (TPSA) is 9.23 Å². The van der Waals surface area contributed by atoms with E-state index in [2.05, 4.69) is 48.6 Å². The summed E-state index contributed by atoms with van der Waals surface area (Å²) in [6.07, 6.45) is 7.15. The molecular formula is C21H16O. The van der Waals surface area contributed by atoms with Gasteiger partial charge in [-0.15, -0.1) is 0 Å². The lowest BCUT2D eigenvalue weighted by molar-refractivity contribution is 0.483. The number of benzene rings is 3. The van der Waals surface area contributed by atoms with E-state index in [0.717, 1.165) is 17.7 Å². The molecule has 106 valence electrons. The lowest BCUT2D eigenvalue weighted by atomic mass is 9.90. The molecule has 1 aliphatic carbocycles. The quantitative estimate of drug-likeness (QED) is 0.575. The Morgan fingerprint density at radius 3 is 2.36 bits per heavy atom. The van der Waals surface area contributed by atoms with Crippen molar-refractivity contribution < 1.29 is 4.74 Å². The molecule has 0 radical (unpaired) electrons. The molecule has 0 saturated heterocycles. The summed E-state index contributed by atoms with van der Waals surface area (Å²) in [6, 6.07) is 22.9. The molecule has 0 spiro atoms. The van der Waals surface area contributed by atoms with Gasteiger partial charge in [0.1, 0.15) is 5.75 Å². The van der Waals surface area contributed by atoms with Gasteiger partial charge in [0.15, 0.2) is 0 Å². The molecule has 1 nitrogen and oxygen atoms in total. The first kappa shape index (κ1) is 12.9. The van der Waals surface area contributed by atoms with Crippen molar-refractivity contribution in [1.82, 2.24) is 0 Å². The maximum Gasteiger partial charge on any atom is 0.126 e. The monoisotopic (exact) mass is 284 g/mol. The van der Waals surface area contributed by atoms with Crippen molar-refractivity contribution in [3.8, 4) is 5.75 Å². The third-order valence-electron chi connectivity index (χ3n) is 3.98. The van der Waals surface area contributed by atoms with E-state index < -0.39 is 0 Å². The minimum absolute atomic E-state index is 0.858. The van der Waals surface area contributed by atoms with Crippen molar-refractivity contribution in [2.75, 3.05) is 0 Å². The normalized spacial score (nSPS) is 15.0. The van der Waals surface area contributed by atoms with Crippen molar-refractivity contribution in [2.24, 2.45) is 0 Å². The lowest BCUT2D eigenvalue weighted by Gasteiger charge is -2.15. The smallest absolute Gasteiger partial charge is 0.126 e. The molecule has 0 bridgehead atoms. The molecular weight excluding hydrogens is 268 g/mol. The maximum atomic E-state index is 5.80. The summed E-state index contributed by atoms with van der Waals surface area (Å²) in [5.74, 6) is 0.858. The Morgan fingerprint density at radius 2 is 1.55 bits per heavy atom. The van der Waals surface area contributed by atoms with Crippen LogP contribution in [0.1, 0.15) is 11.1 Å². The van der Waals surface area contributed by atoms with E-state index in [0.29, 0.717) is 0 Å². The van der Waals surface area contributed by atoms with Gasteiger partial charge in [-0.3, -0.25) is 0 Å². The first-order chi connectivity index (χ1) is 10.9. The zero-order chi connectivity index (χ0) is 14.8. The average molecular weight is 284 g/mol. The lowest BCUT2D eigenvalue weighted by Crippen LogP contribution is -1.98. The molecule has 0 N–H and O–H groups in total. The fourth-order valence-corrected chi connectivity index (χ4v) is 2.86. The number of allylic oxidation sites excluding steroid dienone is 3. The molecule has 0 saturated carbocycles. The van der Waals surface area contributed by atoms with Crippen molar-refractivity contribution in [2.45, 2.75) is 6.42 Å². The highest BCUT2D eigenvalue weighted by atomic mass is 16.5. The summed E-state index contributed by atoms with van der Waals surface area (Å²) in [5, 5.41) is 2.56. The van der Waals surface area contributed by atoms with E-state index in [1.807, 2.05) is 36.6 Å². The van der Waals surface area contributed by atoms with Crippen molar-refractivity contribution in [3.05, 3.63) is 96.3 Å². The van der Waals surface area contributed by atoms with Gasteiger partial charge in [0.2, 0.25) is 0 Å². The van der Waals surface area contributed by atoms with Crippen LogP contribution in [0.4, 0.5) is 0 Å². The third-order valence-corrected chi connectivity index (χ3v) is 3.98. The van der Waals surface area contributed by atoms with E-state index in [9.17, 15) is 0 Å². The summed E-state index contributed by atoms with van der Waals surface area (Å²) in [5.41, 5.74) is 3.73. The van der Waals surface area contributed by atoms with Crippen LogP contribution in [0.25, 0.3) is 16.3 Å². The van der Waals surface area contributed by atoms with Crippen molar-refractivity contribution >= 4 is 16.3 Å². The van der Waals surface area contributed by atoms with Gasteiger partial charge in [0, 0.05) is 5.57 Å². The Hall–Kier alpha value is -2.80. The highest BCUT2D eigenvalue weighted by molar-refractivity contribution is 5.90. The molecule has 4 rings (SSSR count). The molecule has 0 aliphatic heterocycles. The highest BCUT2D eigenvalue weighted by Crippen LogP contribution is 2.30. The van der Waals surface area contributed by atoms with Gasteiger partial charge in [-0.1, -0.05) is 60.7 Å². The van der Waals surface area contributed by atoms with Crippen LogP contribution in [0.5, 0.6) is 5.75 Å². The second-order valence-corrected chi connectivity index (χ2v) is 5.47. The summed E-state index contributed by atoms with van der Waals surface area (Å²) < 4.78 is 5.80. The van der Waals surface area contributed by atoms with Crippen LogP contribution in [-0.2, 0) is 6.42 Å². The molecule has 0 aromatic heterocycles. The van der Waals surface area contributed by atoms with Crippen LogP contribution in [-0.4, -0.2) is 0 Å². The molecule has 1 aliphatic rings. The van der Waals surface area contributed by atoms with Gasteiger partial charge in [-0.2, -0.15) is 0 Å². The number of ether oxygens (including phenoxy) is 1. The van der Waals surface area contributed by atoms with E-state index in [1.165, 1.54) is 21.9 Å². The standard InChI is InChI=1S/C21H16O/c1-2-11-20(12-3-1)22-15-19-10-6-9-18-13-16-7-4-5-8-17(16)14-21(18)19/h1-8,10-15H,9H2. The zero-order valence-electron chi connectivity index (χ0n) is 12.2. The van der Waals surface area contributed by atoms with Gasteiger partial charge in [-0.05, 0) is 46.5 Å². The predicted molar refractivity (Wildman–Crippen MR) is 91.8 cm³/mol. The molecule has 0 unspecified atom stereocenters. The second-order valence-electron chi connectivity index (χ2n) is 5.47. The largest absolute Gasteiger partial charge is 0.464 e. The predicted octanol–water partition coefficient (Wildman–Crippen LogP) is 5.37. The Balaban J connectivity index is 1.75. The Bertz CT molecular complexity index is 873. The highest BCUT2D eigenvalue weighted by Gasteiger charge is 2.11. The van der Waals surface area contributed by atoms with E-state index in [-0.39, 0.29) is 0 Å². The molecule has 0 atom stereocenters. The van der Waals surface area contributed by atoms with E-state index >= 15 is 0 Å². The number of fused-ring (bicyclic) bond motifs is 2. The van der Waals surface area contributed by atoms with Crippen LogP contribution in [0.3, 0.4) is 0 Å². The van der Waals surface area contributed by atoms with Crippen LogP contribution in [0, 0.1) is 0 Å². The molecule has 0 fully saturated rings. The summed E-state index contributed by atoms with van der Waals surface area (Å²) in [7, 11) is 0. The Labute approximate surface area is 130 Å². The minimum atomic E-state index is 0.858. The van der Waals surface area contributed by atoms with Crippen LogP contribution in [0.2, 0.25) is 0 Å². The van der Waals surface area contributed by atoms with E-state index in [1.54, 1.807) is 0 Å². The Kier molecular flexibility index (Phi) is 3.24. The molecule has 3 aromatic rings. The first-order valence-corrected chi connectivity index (χ1v) is 7.51. The third kappa shape index (κ3) is 2.42. The fourth-order valence-electron chi connectivity index (χ4n) is 2.86. The Morgan fingerprint density at radius 1 is 0.818 bits per heavy atom. The van der Waals surface area contributed by atoms with Crippen molar-refractivity contribution in [3.63, 3.8) is 0 Å². The average Bonchev–Trinajstić information content (AvgIpc) is 2.59. The SMILES string of the molecule is C1=CC(=COc2ccccc2)c2cc3ccccc3cc2C1. The van der Waals surface area contributed by atoms with Gasteiger partial charge in [0.25, 0.3) is 0 Å². The fraction of sp³-hybridized carbons (Fsp3) is 0.0476. The second kappa shape index (κ2) is 5.53. The summed E-state index contributed by atoms with van der Waals surface area (Å²) >= 11 is 0. The molecule has 22 heavy (non-hydrogen) atoms. The molecule has 3 aromatic carbocycles.